The lowest BCUT2D eigenvalue weighted by molar-refractivity contribution is -0.387. The van der Waals surface area contributed by atoms with E-state index in [1.54, 1.807) is 0 Å². The highest BCUT2D eigenvalue weighted by Gasteiger charge is 2.18. The Balaban J connectivity index is 2.08. The van der Waals surface area contributed by atoms with Gasteiger partial charge < -0.3 is 5.32 Å². The van der Waals surface area contributed by atoms with Gasteiger partial charge in [-0.3, -0.25) is 10.1 Å². The fourth-order valence-corrected chi connectivity index (χ4v) is 3.08. The molecule has 1 N–H and O–H groups in total. The quantitative estimate of drug-likeness (QED) is 0.646. The highest BCUT2D eigenvalue weighted by molar-refractivity contribution is 9.10. The van der Waals surface area contributed by atoms with Gasteiger partial charge in [-0.1, -0.05) is 0 Å². The number of nitrogens with zero attached hydrogens (tertiary/aromatic N) is 1. The molecule has 1 aromatic heterocycles. The lowest BCUT2D eigenvalue weighted by Crippen LogP contribution is -2.13. The Labute approximate surface area is 125 Å². The van der Waals surface area contributed by atoms with Crippen molar-refractivity contribution in [2.75, 3.05) is 0 Å². The van der Waals surface area contributed by atoms with Gasteiger partial charge in [0.1, 0.15) is 5.82 Å². The van der Waals surface area contributed by atoms with E-state index in [9.17, 15) is 18.9 Å². The zero-order valence-electron chi connectivity index (χ0n) is 10.0. The third kappa shape index (κ3) is 3.38. The molecule has 0 bridgehead atoms. The van der Waals surface area contributed by atoms with Crippen molar-refractivity contribution < 1.29 is 13.7 Å². The molecule has 1 heterocycles. The Morgan fingerprint density at radius 2 is 2.05 bits per heavy atom. The number of nitro benzene ring substituents is 1. The number of benzene rings is 1. The average molecular weight is 363 g/mol. The predicted molar refractivity (Wildman–Crippen MR) is 75.6 cm³/mol. The summed E-state index contributed by atoms with van der Waals surface area (Å²) in [6, 6.07) is 3.35. The van der Waals surface area contributed by atoms with Gasteiger partial charge in [0.25, 0.3) is 0 Å². The van der Waals surface area contributed by atoms with Crippen molar-refractivity contribution in [1.29, 1.82) is 0 Å². The molecule has 20 heavy (non-hydrogen) atoms. The van der Waals surface area contributed by atoms with Crippen LogP contribution >= 0.6 is 27.3 Å². The van der Waals surface area contributed by atoms with E-state index in [1.807, 2.05) is 11.4 Å². The van der Waals surface area contributed by atoms with E-state index in [-0.39, 0.29) is 12.1 Å². The van der Waals surface area contributed by atoms with Crippen molar-refractivity contribution in [1.82, 2.24) is 5.32 Å². The van der Waals surface area contributed by atoms with Crippen molar-refractivity contribution in [3.63, 3.8) is 0 Å². The zero-order chi connectivity index (χ0) is 14.7. The zero-order valence-corrected chi connectivity index (χ0v) is 12.4. The SMILES string of the molecule is O=[N+]([O-])c1cc(CNCc2sccc2Br)c(F)cc1F. The summed E-state index contributed by atoms with van der Waals surface area (Å²) in [6.45, 7) is 0.570. The maximum absolute atomic E-state index is 13.5. The normalized spacial score (nSPS) is 10.8. The summed E-state index contributed by atoms with van der Waals surface area (Å²) in [5, 5.41) is 15.5. The van der Waals surface area contributed by atoms with Gasteiger partial charge in [0.2, 0.25) is 5.82 Å². The number of hydrogen-bond donors (Lipinski definition) is 1. The second-order valence-corrected chi connectivity index (χ2v) is 5.80. The van der Waals surface area contributed by atoms with Crippen LogP contribution in [-0.4, -0.2) is 4.92 Å². The van der Waals surface area contributed by atoms with Crippen molar-refractivity contribution in [3.8, 4) is 0 Å². The van der Waals surface area contributed by atoms with Gasteiger partial charge in [-0.25, -0.2) is 4.39 Å². The largest absolute Gasteiger partial charge is 0.308 e. The molecule has 0 aliphatic heterocycles. The number of hydrogen-bond acceptors (Lipinski definition) is 4. The van der Waals surface area contributed by atoms with E-state index in [0.717, 1.165) is 15.4 Å². The first kappa shape index (κ1) is 15.0. The number of nitrogens with one attached hydrogen (secondary N) is 1. The highest BCUT2D eigenvalue weighted by atomic mass is 79.9. The molecular formula is C12H9BrF2N2O2S. The summed E-state index contributed by atoms with van der Waals surface area (Å²) in [5.41, 5.74) is -0.661. The second kappa shape index (κ2) is 6.38. The van der Waals surface area contributed by atoms with Gasteiger partial charge in [0.15, 0.2) is 0 Å². The van der Waals surface area contributed by atoms with Crippen molar-refractivity contribution in [2.24, 2.45) is 0 Å². The average Bonchev–Trinajstić information content (AvgIpc) is 2.77. The van der Waals surface area contributed by atoms with Gasteiger partial charge in [0.05, 0.1) is 4.92 Å². The van der Waals surface area contributed by atoms with E-state index in [2.05, 4.69) is 21.2 Å². The van der Waals surface area contributed by atoms with E-state index in [0.29, 0.717) is 12.6 Å². The van der Waals surface area contributed by atoms with Crippen molar-refractivity contribution in [2.45, 2.75) is 13.1 Å². The van der Waals surface area contributed by atoms with Crippen LogP contribution in [0.25, 0.3) is 0 Å². The molecule has 0 amide bonds. The third-order valence-corrected chi connectivity index (χ3v) is 4.53. The Morgan fingerprint density at radius 1 is 1.30 bits per heavy atom. The summed E-state index contributed by atoms with van der Waals surface area (Å²) >= 11 is 4.89. The predicted octanol–water partition coefficient (Wildman–Crippen LogP) is 3.99. The van der Waals surface area contributed by atoms with Crippen LogP contribution in [0.2, 0.25) is 0 Å². The first-order chi connectivity index (χ1) is 9.49. The molecule has 0 aliphatic carbocycles. The molecule has 0 unspecified atom stereocenters. The fourth-order valence-electron chi connectivity index (χ4n) is 1.62. The van der Waals surface area contributed by atoms with Crippen LogP contribution in [0.3, 0.4) is 0 Å². The molecule has 0 saturated heterocycles. The molecule has 0 spiro atoms. The molecule has 1 aromatic carbocycles. The Morgan fingerprint density at radius 3 is 2.65 bits per heavy atom. The van der Waals surface area contributed by atoms with E-state index in [1.165, 1.54) is 11.3 Å². The molecule has 8 heteroatoms. The number of thiophene rings is 1. The Hall–Kier alpha value is -1.38. The first-order valence-corrected chi connectivity index (χ1v) is 7.21. The number of nitro groups is 1. The topological polar surface area (TPSA) is 55.2 Å². The Kier molecular flexibility index (Phi) is 4.79. The molecule has 0 atom stereocenters. The minimum atomic E-state index is -1.17. The maximum atomic E-state index is 13.5. The molecule has 2 rings (SSSR count). The summed E-state index contributed by atoms with van der Waals surface area (Å²) in [7, 11) is 0. The standard InChI is InChI=1S/C12H9BrF2N2O2S/c13-8-1-2-20-12(8)6-16-5-7-3-11(17(18)19)10(15)4-9(7)14/h1-4,16H,5-6H2. The lowest BCUT2D eigenvalue weighted by Gasteiger charge is -2.06. The smallest absolute Gasteiger partial charge is 0.305 e. The first-order valence-electron chi connectivity index (χ1n) is 5.54. The molecule has 106 valence electrons. The van der Waals surface area contributed by atoms with Crippen molar-refractivity contribution >= 4 is 33.0 Å². The lowest BCUT2D eigenvalue weighted by atomic mass is 10.1. The fraction of sp³-hybridized carbons (Fsp3) is 0.167. The van der Waals surface area contributed by atoms with Gasteiger partial charge in [-0.2, -0.15) is 4.39 Å². The van der Waals surface area contributed by atoms with Crippen LogP contribution in [0.5, 0.6) is 0 Å². The van der Waals surface area contributed by atoms with Crippen molar-refractivity contribution in [3.05, 3.63) is 60.2 Å². The van der Waals surface area contributed by atoms with Crippen LogP contribution in [-0.2, 0) is 13.1 Å². The van der Waals surface area contributed by atoms with Crippen LogP contribution in [0.4, 0.5) is 14.5 Å². The molecule has 0 saturated carbocycles. The summed E-state index contributed by atoms with van der Waals surface area (Å²) in [4.78, 5) is 10.8. The van der Waals surface area contributed by atoms with Gasteiger partial charge in [-0.15, -0.1) is 11.3 Å². The van der Waals surface area contributed by atoms with E-state index >= 15 is 0 Å². The second-order valence-electron chi connectivity index (χ2n) is 3.95. The van der Waals surface area contributed by atoms with Crippen LogP contribution in [0.15, 0.2) is 28.1 Å². The molecule has 0 fully saturated rings. The molecular weight excluding hydrogens is 354 g/mol. The number of halogens is 3. The summed E-state index contributed by atoms with van der Waals surface area (Å²) in [6.07, 6.45) is 0. The summed E-state index contributed by atoms with van der Waals surface area (Å²) in [5.74, 6) is -1.97. The van der Waals surface area contributed by atoms with E-state index < -0.39 is 22.2 Å². The monoisotopic (exact) mass is 362 g/mol. The minimum absolute atomic E-state index is 0.0609. The van der Waals surface area contributed by atoms with E-state index in [4.69, 9.17) is 0 Å². The van der Waals surface area contributed by atoms with Crippen LogP contribution < -0.4 is 5.32 Å². The number of rotatable bonds is 5. The van der Waals surface area contributed by atoms with Crippen LogP contribution in [0.1, 0.15) is 10.4 Å². The summed E-state index contributed by atoms with van der Waals surface area (Å²) < 4.78 is 27.6. The Bertz CT molecular complexity index is 648. The maximum Gasteiger partial charge on any atom is 0.305 e. The van der Waals surface area contributed by atoms with Gasteiger partial charge >= 0.3 is 5.69 Å². The van der Waals surface area contributed by atoms with Gasteiger partial charge in [0, 0.05) is 40.1 Å². The van der Waals surface area contributed by atoms with Crippen LogP contribution in [0, 0.1) is 21.7 Å². The minimum Gasteiger partial charge on any atom is -0.308 e. The third-order valence-electron chi connectivity index (χ3n) is 2.60. The molecule has 0 aliphatic rings. The molecule has 4 nitrogen and oxygen atoms in total. The van der Waals surface area contributed by atoms with Gasteiger partial charge in [-0.05, 0) is 27.4 Å². The molecule has 2 aromatic rings. The highest BCUT2D eigenvalue weighted by Crippen LogP contribution is 2.23. The molecule has 0 radical (unpaired) electrons.